The third kappa shape index (κ3) is 6.51. The van der Waals surface area contributed by atoms with Gasteiger partial charge in [0.15, 0.2) is 0 Å². The van der Waals surface area contributed by atoms with Gasteiger partial charge in [0, 0.05) is 27.2 Å². The van der Waals surface area contributed by atoms with Crippen molar-refractivity contribution in [3.05, 3.63) is 0 Å². The van der Waals surface area contributed by atoms with E-state index in [0.29, 0.717) is 26.3 Å². The number of methoxy groups -OCH3 is 1. The number of carbonyl (C=O) groups excluding carboxylic acids is 1. The summed E-state index contributed by atoms with van der Waals surface area (Å²) >= 11 is 0. The van der Waals surface area contributed by atoms with Crippen molar-refractivity contribution >= 4 is 5.91 Å². The predicted octanol–water partition coefficient (Wildman–Crippen LogP) is -0.933. The number of rotatable bonds is 7. The van der Waals surface area contributed by atoms with Crippen LogP contribution in [0.5, 0.6) is 0 Å². The van der Waals surface area contributed by atoms with E-state index in [-0.39, 0.29) is 12.5 Å². The molecule has 0 atom stereocenters. The summed E-state index contributed by atoms with van der Waals surface area (Å²) in [4.78, 5) is 12.7. The molecular weight excluding hydrogens is 172 g/mol. The second-order valence-electron chi connectivity index (χ2n) is 2.65. The quantitative estimate of drug-likeness (QED) is 0.527. The number of hydrogen-bond acceptors (Lipinski definition) is 4. The van der Waals surface area contributed by atoms with Crippen molar-refractivity contribution in [3.63, 3.8) is 0 Å². The standard InChI is InChI=1S/C8H18N2O3/c1-10(4-3-9)8(11)7-13-6-5-12-2/h3-7,9H2,1-2H3. The van der Waals surface area contributed by atoms with Gasteiger partial charge in [-0.3, -0.25) is 4.79 Å². The lowest BCUT2D eigenvalue weighted by Crippen LogP contribution is -2.34. The van der Waals surface area contributed by atoms with Gasteiger partial charge in [-0.2, -0.15) is 0 Å². The van der Waals surface area contributed by atoms with Crippen LogP contribution in [-0.4, -0.2) is 57.9 Å². The number of ether oxygens (including phenoxy) is 2. The highest BCUT2D eigenvalue weighted by atomic mass is 16.5. The number of hydrogen-bond donors (Lipinski definition) is 1. The van der Waals surface area contributed by atoms with Crippen molar-refractivity contribution < 1.29 is 14.3 Å². The molecule has 5 heteroatoms. The van der Waals surface area contributed by atoms with Crippen LogP contribution in [0.1, 0.15) is 0 Å². The molecule has 78 valence electrons. The first-order valence-electron chi connectivity index (χ1n) is 4.23. The highest BCUT2D eigenvalue weighted by molar-refractivity contribution is 5.77. The van der Waals surface area contributed by atoms with Crippen LogP contribution in [0, 0.1) is 0 Å². The molecule has 2 N–H and O–H groups in total. The van der Waals surface area contributed by atoms with Crippen molar-refractivity contribution in [1.82, 2.24) is 4.90 Å². The van der Waals surface area contributed by atoms with Crippen molar-refractivity contribution in [2.75, 3.05) is 47.1 Å². The summed E-state index contributed by atoms with van der Waals surface area (Å²) < 4.78 is 9.81. The van der Waals surface area contributed by atoms with E-state index in [1.54, 1.807) is 19.1 Å². The first-order valence-corrected chi connectivity index (χ1v) is 4.23. The molecule has 0 aromatic heterocycles. The molecule has 0 aliphatic carbocycles. The Balaban J connectivity index is 3.38. The molecule has 0 aliphatic heterocycles. The monoisotopic (exact) mass is 190 g/mol. The Morgan fingerprint density at radius 1 is 1.46 bits per heavy atom. The third-order valence-electron chi connectivity index (χ3n) is 1.55. The molecule has 0 fully saturated rings. The number of likely N-dealkylation sites (N-methyl/N-ethyl adjacent to an activating group) is 1. The molecule has 0 aromatic rings. The first kappa shape index (κ1) is 12.3. The fourth-order valence-corrected chi connectivity index (χ4v) is 0.730. The minimum Gasteiger partial charge on any atom is -0.382 e. The molecule has 0 saturated carbocycles. The van der Waals surface area contributed by atoms with Crippen LogP contribution in [0.2, 0.25) is 0 Å². The average Bonchev–Trinajstić information content (AvgIpc) is 2.12. The summed E-state index contributed by atoms with van der Waals surface area (Å²) in [5, 5.41) is 0. The van der Waals surface area contributed by atoms with Crippen LogP contribution in [0.15, 0.2) is 0 Å². The van der Waals surface area contributed by atoms with Gasteiger partial charge in [-0.05, 0) is 0 Å². The topological polar surface area (TPSA) is 64.8 Å². The Kier molecular flexibility index (Phi) is 7.57. The minimum atomic E-state index is -0.0541. The fraction of sp³-hybridized carbons (Fsp3) is 0.875. The smallest absolute Gasteiger partial charge is 0.248 e. The average molecular weight is 190 g/mol. The molecule has 0 radical (unpaired) electrons. The lowest BCUT2D eigenvalue weighted by Gasteiger charge is -2.15. The molecule has 0 unspecified atom stereocenters. The molecule has 5 nitrogen and oxygen atoms in total. The number of carbonyl (C=O) groups is 1. The van der Waals surface area contributed by atoms with Crippen LogP contribution in [0.25, 0.3) is 0 Å². The summed E-state index contributed by atoms with van der Waals surface area (Å²) in [5.41, 5.74) is 5.29. The highest BCUT2D eigenvalue weighted by Crippen LogP contribution is 1.85. The number of nitrogens with zero attached hydrogens (tertiary/aromatic N) is 1. The molecule has 0 saturated heterocycles. The van der Waals surface area contributed by atoms with Gasteiger partial charge in [0.2, 0.25) is 5.91 Å². The number of nitrogens with two attached hydrogens (primary N) is 1. The Labute approximate surface area is 78.8 Å². The zero-order chi connectivity index (χ0) is 10.1. The summed E-state index contributed by atoms with van der Waals surface area (Å²) in [7, 11) is 3.29. The maximum atomic E-state index is 11.2. The molecule has 1 amide bonds. The third-order valence-corrected chi connectivity index (χ3v) is 1.55. The molecule has 0 rings (SSSR count). The molecule has 13 heavy (non-hydrogen) atoms. The lowest BCUT2D eigenvalue weighted by atomic mass is 10.5. The van der Waals surface area contributed by atoms with Gasteiger partial charge in [0.1, 0.15) is 6.61 Å². The summed E-state index contributed by atoms with van der Waals surface area (Å²) in [5.74, 6) is -0.0541. The van der Waals surface area contributed by atoms with Gasteiger partial charge in [0.05, 0.1) is 13.2 Å². The van der Waals surface area contributed by atoms with Gasteiger partial charge >= 0.3 is 0 Å². The molecular formula is C8H18N2O3. The molecule has 0 bridgehead atoms. The molecule has 0 spiro atoms. The van der Waals surface area contributed by atoms with Gasteiger partial charge in [-0.1, -0.05) is 0 Å². The fourth-order valence-electron chi connectivity index (χ4n) is 0.730. The van der Waals surface area contributed by atoms with Crippen LogP contribution in [0.4, 0.5) is 0 Å². The lowest BCUT2D eigenvalue weighted by molar-refractivity contribution is -0.135. The Morgan fingerprint density at radius 2 is 2.15 bits per heavy atom. The van der Waals surface area contributed by atoms with Crippen molar-refractivity contribution in [3.8, 4) is 0 Å². The maximum absolute atomic E-state index is 11.2. The van der Waals surface area contributed by atoms with Crippen LogP contribution in [-0.2, 0) is 14.3 Å². The molecule has 0 heterocycles. The van der Waals surface area contributed by atoms with Gasteiger partial charge < -0.3 is 20.1 Å². The van der Waals surface area contributed by atoms with E-state index in [9.17, 15) is 4.79 Å². The predicted molar refractivity (Wildman–Crippen MR) is 49.4 cm³/mol. The highest BCUT2D eigenvalue weighted by Gasteiger charge is 2.06. The van der Waals surface area contributed by atoms with E-state index >= 15 is 0 Å². The second kappa shape index (κ2) is 7.97. The van der Waals surface area contributed by atoms with Gasteiger partial charge in [-0.25, -0.2) is 0 Å². The Hall–Kier alpha value is -0.650. The first-order chi connectivity index (χ1) is 6.22. The van der Waals surface area contributed by atoms with Crippen molar-refractivity contribution in [1.29, 1.82) is 0 Å². The van der Waals surface area contributed by atoms with E-state index in [0.717, 1.165) is 0 Å². The minimum absolute atomic E-state index is 0.0541. The normalized spacial score (nSPS) is 10.1. The van der Waals surface area contributed by atoms with E-state index in [4.69, 9.17) is 15.2 Å². The van der Waals surface area contributed by atoms with Crippen molar-refractivity contribution in [2.45, 2.75) is 0 Å². The molecule has 0 aliphatic rings. The second-order valence-corrected chi connectivity index (χ2v) is 2.65. The van der Waals surface area contributed by atoms with Crippen LogP contribution >= 0.6 is 0 Å². The summed E-state index contributed by atoms with van der Waals surface area (Å²) in [6.45, 7) is 2.08. The van der Waals surface area contributed by atoms with E-state index < -0.39 is 0 Å². The largest absolute Gasteiger partial charge is 0.382 e. The van der Waals surface area contributed by atoms with Crippen LogP contribution < -0.4 is 5.73 Å². The number of amides is 1. The summed E-state index contributed by atoms with van der Waals surface area (Å²) in [6.07, 6.45) is 0. The SMILES string of the molecule is COCCOCC(=O)N(C)CCN. The summed E-state index contributed by atoms with van der Waals surface area (Å²) in [6, 6.07) is 0. The van der Waals surface area contributed by atoms with E-state index in [1.807, 2.05) is 0 Å². The van der Waals surface area contributed by atoms with Crippen LogP contribution in [0.3, 0.4) is 0 Å². The van der Waals surface area contributed by atoms with Gasteiger partial charge in [-0.15, -0.1) is 0 Å². The molecule has 0 aromatic carbocycles. The Morgan fingerprint density at radius 3 is 2.69 bits per heavy atom. The maximum Gasteiger partial charge on any atom is 0.248 e. The van der Waals surface area contributed by atoms with E-state index in [1.165, 1.54) is 0 Å². The Bertz CT molecular complexity index is 141. The zero-order valence-corrected chi connectivity index (χ0v) is 8.28. The zero-order valence-electron chi connectivity index (χ0n) is 8.28. The van der Waals surface area contributed by atoms with Crippen molar-refractivity contribution in [2.24, 2.45) is 5.73 Å². The van der Waals surface area contributed by atoms with Gasteiger partial charge in [0.25, 0.3) is 0 Å². The van der Waals surface area contributed by atoms with E-state index in [2.05, 4.69) is 0 Å².